The molecule has 0 rings (SSSR count). The van der Waals surface area contributed by atoms with Crippen LogP contribution in [0.3, 0.4) is 0 Å². The lowest BCUT2D eigenvalue weighted by molar-refractivity contribution is -0.137. The second kappa shape index (κ2) is 6.54. The first-order valence-corrected chi connectivity index (χ1v) is 4.78. The molecule has 0 aromatic carbocycles. The summed E-state index contributed by atoms with van der Waals surface area (Å²) >= 11 is 2.96. The number of ketones is 1. The van der Waals surface area contributed by atoms with Gasteiger partial charge in [0.1, 0.15) is 12.2 Å². The van der Waals surface area contributed by atoms with Crippen molar-refractivity contribution in [3.8, 4) is 0 Å². The van der Waals surface area contributed by atoms with Crippen LogP contribution in [0.15, 0.2) is 0 Å². The first kappa shape index (κ1) is 12.0. The molecule has 0 aliphatic heterocycles. The Balaban J connectivity index is 4.11. The average molecular weight is 241 g/mol. The Kier molecular flexibility index (Phi) is 6.55. The topological polar surface area (TPSA) is 66.8 Å². The Morgan fingerprint density at radius 2 is 2.25 bits per heavy atom. The summed E-state index contributed by atoms with van der Waals surface area (Å²) in [6, 6.07) is 0. The maximum atomic E-state index is 11.1. The molecule has 12 heavy (non-hydrogen) atoms. The number of hydrogen-bond acceptors (Lipinski definition) is 4. The first-order chi connectivity index (χ1) is 5.67. The summed E-state index contributed by atoms with van der Waals surface area (Å²) < 4.78 is 4.96. The smallest absolute Gasteiger partial charge is 0.174 e. The van der Waals surface area contributed by atoms with E-state index in [1.807, 2.05) is 0 Å². The molecule has 0 aliphatic rings. The van der Waals surface area contributed by atoms with Crippen molar-refractivity contribution in [2.45, 2.75) is 19.1 Å². The molecule has 0 spiro atoms. The molecule has 72 valence electrons. The van der Waals surface area contributed by atoms with Gasteiger partial charge in [-0.05, 0) is 6.92 Å². The summed E-state index contributed by atoms with van der Waals surface area (Å²) in [5.41, 5.74) is 0. The van der Waals surface area contributed by atoms with Crippen LogP contribution >= 0.6 is 15.9 Å². The molecule has 0 bridgehead atoms. The van der Waals surface area contributed by atoms with Gasteiger partial charge in [0, 0.05) is 6.61 Å². The van der Waals surface area contributed by atoms with Crippen molar-refractivity contribution in [2.24, 2.45) is 0 Å². The van der Waals surface area contributed by atoms with Crippen LogP contribution in [-0.2, 0) is 9.53 Å². The SMILES string of the molecule is CCO[C@H](C(=O)CBr)C(O)CO. The van der Waals surface area contributed by atoms with Crippen LogP contribution in [0.2, 0.25) is 0 Å². The Morgan fingerprint density at radius 3 is 2.58 bits per heavy atom. The van der Waals surface area contributed by atoms with Crippen LogP contribution in [0.25, 0.3) is 0 Å². The molecule has 0 heterocycles. The molecule has 0 aromatic rings. The van der Waals surface area contributed by atoms with E-state index in [0.717, 1.165) is 0 Å². The standard InChI is InChI=1S/C7H13BrO4/c1-2-12-7(5(10)3-8)6(11)4-9/h6-7,9,11H,2-4H2,1H3/t6?,7-/m1/s1. The molecule has 0 saturated heterocycles. The number of aliphatic hydroxyl groups is 2. The highest BCUT2D eigenvalue weighted by Gasteiger charge is 2.25. The zero-order valence-corrected chi connectivity index (χ0v) is 8.45. The Hall–Kier alpha value is 0.0300. The lowest BCUT2D eigenvalue weighted by Gasteiger charge is -2.18. The Morgan fingerprint density at radius 1 is 1.67 bits per heavy atom. The molecule has 4 nitrogen and oxygen atoms in total. The van der Waals surface area contributed by atoms with Crippen molar-refractivity contribution in [3.05, 3.63) is 0 Å². The van der Waals surface area contributed by atoms with Crippen molar-refractivity contribution in [1.82, 2.24) is 0 Å². The van der Waals surface area contributed by atoms with E-state index in [4.69, 9.17) is 14.9 Å². The van der Waals surface area contributed by atoms with E-state index in [1.165, 1.54) is 0 Å². The summed E-state index contributed by atoms with van der Waals surface area (Å²) in [5.74, 6) is -0.265. The number of hydrogen-bond donors (Lipinski definition) is 2. The van der Waals surface area contributed by atoms with Gasteiger partial charge in [-0.3, -0.25) is 4.79 Å². The van der Waals surface area contributed by atoms with Crippen LogP contribution in [0, 0.1) is 0 Å². The monoisotopic (exact) mass is 240 g/mol. The second-order valence-electron chi connectivity index (χ2n) is 2.23. The quantitative estimate of drug-likeness (QED) is 0.627. The fourth-order valence-corrected chi connectivity index (χ4v) is 1.09. The van der Waals surface area contributed by atoms with Gasteiger partial charge < -0.3 is 14.9 Å². The number of alkyl halides is 1. The minimum atomic E-state index is -1.13. The second-order valence-corrected chi connectivity index (χ2v) is 2.79. The van der Waals surface area contributed by atoms with Gasteiger partial charge in [0.15, 0.2) is 5.78 Å². The van der Waals surface area contributed by atoms with Gasteiger partial charge in [0.05, 0.1) is 11.9 Å². The van der Waals surface area contributed by atoms with Crippen molar-refractivity contribution < 1.29 is 19.7 Å². The fourth-order valence-electron chi connectivity index (χ4n) is 0.770. The molecule has 2 atom stereocenters. The molecule has 0 aliphatic carbocycles. The first-order valence-electron chi connectivity index (χ1n) is 3.66. The van der Waals surface area contributed by atoms with E-state index in [2.05, 4.69) is 15.9 Å². The number of aliphatic hydroxyl groups excluding tert-OH is 2. The zero-order valence-electron chi connectivity index (χ0n) is 6.86. The van der Waals surface area contributed by atoms with Crippen LogP contribution in [0.1, 0.15) is 6.92 Å². The average Bonchev–Trinajstić information content (AvgIpc) is 2.11. The molecule has 1 unspecified atom stereocenters. The Bertz CT molecular complexity index is 139. The summed E-state index contributed by atoms with van der Waals surface area (Å²) in [7, 11) is 0. The van der Waals surface area contributed by atoms with Gasteiger partial charge in [0.2, 0.25) is 0 Å². The zero-order chi connectivity index (χ0) is 9.56. The van der Waals surface area contributed by atoms with Crippen LogP contribution in [-0.4, -0.2) is 46.7 Å². The minimum absolute atomic E-state index is 0.120. The molecule has 0 saturated carbocycles. The van der Waals surface area contributed by atoms with Crippen LogP contribution in [0.4, 0.5) is 0 Å². The van der Waals surface area contributed by atoms with E-state index < -0.39 is 18.8 Å². The molecular formula is C7H13BrO4. The number of carbonyl (C=O) groups is 1. The third-order valence-corrected chi connectivity index (χ3v) is 1.88. The molecule has 0 aromatic heterocycles. The highest BCUT2D eigenvalue weighted by molar-refractivity contribution is 9.09. The summed E-state index contributed by atoms with van der Waals surface area (Å²) in [5, 5.41) is 17.8. The molecule has 2 N–H and O–H groups in total. The van der Waals surface area contributed by atoms with Crippen molar-refractivity contribution in [3.63, 3.8) is 0 Å². The highest BCUT2D eigenvalue weighted by Crippen LogP contribution is 2.03. The largest absolute Gasteiger partial charge is 0.394 e. The summed E-state index contributed by atoms with van der Waals surface area (Å²) in [4.78, 5) is 11.1. The van der Waals surface area contributed by atoms with Gasteiger partial charge in [-0.25, -0.2) is 0 Å². The molecule has 0 amide bonds. The normalized spacial score (nSPS) is 15.7. The number of ether oxygens (including phenoxy) is 1. The molecule has 0 fully saturated rings. The van der Waals surface area contributed by atoms with E-state index in [1.54, 1.807) is 6.92 Å². The molecular weight excluding hydrogens is 228 g/mol. The van der Waals surface area contributed by atoms with Crippen molar-refractivity contribution >= 4 is 21.7 Å². The lowest BCUT2D eigenvalue weighted by atomic mass is 10.1. The third kappa shape index (κ3) is 3.62. The fraction of sp³-hybridized carbons (Fsp3) is 0.857. The Labute approximate surface area is 79.7 Å². The maximum absolute atomic E-state index is 11.1. The number of halogens is 1. The third-order valence-electron chi connectivity index (χ3n) is 1.33. The van der Waals surface area contributed by atoms with Gasteiger partial charge in [0.25, 0.3) is 0 Å². The number of rotatable bonds is 6. The maximum Gasteiger partial charge on any atom is 0.174 e. The van der Waals surface area contributed by atoms with E-state index >= 15 is 0 Å². The van der Waals surface area contributed by atoms with Crippen LogP contribution < -0.4 is 0 Å². The van der Waals surface area contributed by atoms with E-state index in [0.29, 0.717) is 6.61 Å². The predicted molar refractivity (Wildman–Crippen MR) is 47.3 cm³/mol. The summed E-state index contributed by atoms with van der Waals surface area (Å²) in [6.45, 7) is 1.59. The van der Waals surface area contributed by atoms with E-state index in [9.17, 15) is 4.79 Å². The van der Waals surface area contributed by atoms with Gasteiger partial charge in [-0.1, -0.05) is 15.9 Å². The summed E-state index contributed by atoms with van der Waals surface area (Å²) in [6.07, 6.45) is -2.05. The lowest BCUT2D eigenvalue weighted by Crippen LogP contribution is -2.39. The predicted octanol–water partition coefficient (Wildman–Crippen LogP) is -0.291. The molecule has 0 radical (unpaired) electrons. The van der Waals surface area contributed by atoms with Gasteiger partial charge in [-0.2, -0.15) is 0 Å². The van der Waals surface area contributed by atoms with Crippen molar-refractivity contribution in [1.29, 1.82) is 0 Å². The van der Waals surface area contributed by atoms with Gasteiger partial charge >= 0.3 is 0 Å². The minimum Gasteiger partial charge on any atom is -0.394 e. The van der Waals surface area contributed by atoms with E-state index in [-0.39, 0.29) is 11.1 Å². The van der Waals surface area contributed by atoms with Gasteiger partial charge in [-0.15, -0.1) is 0 Å². The van der Waals surface area contributed by atoms with Crippen LogP contribution in [0.5, 0.6) is 0 Å². The highest BCUT2D eigenvalue weighted by atomic mass is 79.9. The number of Topliss-reactive ketones (excluding diaryl/α,β-unsaturated/α-hetero) is 1. The molecule has 5 heteroatoms. The van der Waals surface area contributed by atoms with Crippen molar-refractivity contribution in [2.75, 3.05) is 18.5 Å². The number of carbonyl (C=O) groups excluding carboxylic acids is 1.